The fraction of sp³-hybridized carbons (Fsp3) is 0.667. The van der Waals surface area contributed by atoms with Gasteiger partial charge in [-0.2, -0.15) is 4.89 Å². The molecule has 2 aromatic carbocycles. The molecule has 0 aliphatic heterocycles. The average molecular weight is 645 g/mol. The smallest absolute Gasteiger partial charge is 0.213 e. The van der Waals surface area contributed by atoms with Crippen LogP contribution < -0.4 is 9.62 Å². The first-order chi connectivity index (χ1) is 19.5. The maximum Gasteiger partial charge on any atom is 0.213 e. The van der Waals surface area contributed by atoms with E-state index in [4.69, 9.17) is 19.2 Å². The van der Waals surface area contributed by atoms with Crippen LogP contribution >= 0.6 is 0 Å². The molecule has 3 rings (SSSR count). The van der Waals surface area contributed by atoms with Crippen molar-refractivity contribution >= 4 is 0 Å². The number of ether oxygens (including phenoxy) is 2. The minimum Gasteiger partial charge on any atom is -0.491 e. The van der Waals surface area contributed by atoms with Crippen LogP contribution in [0.15, 0.2) is 61.7 Å². The number of benzene rings is 2. The van der Waals surface area contributed by atoms with E-state index in [1.54, 1.807) is 0 Å². The lowest BCUT2D eigenvalue weighted by Crippen LogP contribution is -2.40. The summed E-state index contributed by atoms with van der Waals surface area (Å²) in [7, 11) is 0. The molecule has 1 fully saturated rings. The number of rotatable bonds is 12. The maximum absolute atomic E-state index is 6.31. The van der Waals surface area contributed by atoms with E-state index < -0.39 is 5.79 Å². The Labute approximate surface area is 287 Å². The summed E-state index contributed by atoms with van der Waals surface area (Å²) in [6.45, 7) is 29.9. The van der Waals surface area contributed by atoms with Crippen molar-refractivity contribution in [1.29, 1.82) is 0 Å². The molecule has 1 aliphatic rings. The summed E-state index contributed by atoms with van der Waals surface area (Å²) in [5, 5.41) is 0. The van der Waals surface area contributed by atoms with Gasteiger partial charge in [0.2, 0.25) is 5.79 Å². The van der Waals surface area contributed by atoms with E-state index >= 15 is 0 Å². The van der Waals surface area contributed by atoms with Gasteiger partial charge in [0.25, 0.3) is 0 Å². The molecule has 0 N–H and O–H groups in total. The van der Waals surface area contributed by atoms with Crippen molar-refractivity contribution in [2.45, 2.75) is 161 Å². The molecule has 0 heterocycles. The van der Waals surface area contributed by atoms with Crippen molar-refractivity contribution in [3.05, 3.63) is 72.8 Å². The van der Waals surface area contributed by atoms with Crippen molar-refractivity contribution in [2.75, 3.05) is 13.2 Å². The molecule has 1 aliphatic carbocycles. The van der Waals surface area contributed by atoms with Gasteiger partial charge in [0.1, 0.15) is 12.4 Å². The molecule has 0 atom stereocenters. The third-order valence-corrected chi connectivity index (χ3v) is 7.84. The highest BCUT2D eigenvalue weighted by Crippen LogP contribution is 2.38. The molecular formula is C42H76O4. The molecule has 0 spiro atoms. The van der Waals surface area contributed by atoms with Gasteiger partial charge in [0.05, 0.1) is 6.61 Å². The lowest BCUT2D eigenvalue weighted by molar-refractivity contribution is -0.389. The van der Waals surface area contributed by atoms with Crippen LogP contribution in [-0.4, -0.2) is 19.0 Å². The second-order valence-corrected chi connectivity index (χ2v) is 15.6. The lowest BCUT2D eigenvalue weighted by Gasteiger charge is -2.35. The fourth-order valence-corrected chi connectivity index (χ4v) is 6.67. The van der Waals surface area contributed by atoms with Crippen molar-refractivity contribution in [1.82, 2.24) is 0 Å². The van der Waals surface area contributed by atoms with Crippen LogP contribution in [-0.2, 0) is 20.5 Å². The zero-order chi connectivity index (χ0) is 31.7. The minimum atomic E-state index is -0.730. The quantitative estimate of drug-likeness (QED) is 0.0757. The molecule has 46 heavy (non-hydrogen) atoms. The van der Waals surface area contributed by atoms with Crippen LogP contribution in [0.2, 0.25) is 0 Å². The second kappa shape index (κ2) is 20.2. The van der Waals surface area contributed by atoms with Gasteiger partial charge in [-0.05, 0) is 82.7 Å². The molecule has 2 aromatic rings. The van der Waals surface area contributed by atoms with Gasteiger partial charge in [-0.15, -0.1) is 13.2 Å². The van der Waals surface area contributed by atoms with E-state index in [1.165, 1.54) is 17.5 Å². The third-order valence-electron chi connectivity index (χ3n) is 7.84. The van der Waals surface area contributed by atoms with Gasteiger partial charge in [0, 0.05) is 12.8 Å². The Morgan fingerprint density at radius 3 is 1.35 bits per heavy atom. The van der Waals surface area contributed by atoms with Crippen molar-refractivity contribution < 1.29 is 19.2 Å². The van der Waals surface area contributed by atoms with E-state index in [0.717, 1.165) is 44.3 Å². The molecular weight excluding hydrogens is 568 g/mol. The lowest BCUT2D eigenvalue weighted by atomic mass is 9.72. The molecule has 0 aromatic heterocycles. The van der Waals surface area contributed by atoms with Crippen LogP contribution in [0.5, 0.6) is 11.5 Å². The van der Waals surface area contributed by atoms with Gasteiger partial charge >= 0.3 is 0 Å². The summed E-state index contributed by atoms with van der Waals surface area (Å²) in [5.41, 5.74) is 3.40. The van der Waals surface area contributed by atoms with Crippen molar-refractivity contribution in [2.24, 2.45) is 10.8 Å². The predicted octanol–water partition coefficient (Wildman–Crippen LogP) is 13.5. The second-order valence-electron chi connectivity index (χ2n) is 15.6. The Hall–Kier alpha value is -2.30. The maximum atomic E-state index is 6.31. The zero-order valence-corrected chi connectivity index (χ0v) is 28.5. The highest BCUT2D eigenvalue weighted by molar-refractivity contribution is 5.32. The minimum absolute atomic E-state index is 0. The molecule has 0 amide bonds. The highest BCUT2D eigenvalue weighted by atomic mass is 17.2. The van der Waals surface area contributed by atoms with Crippen LogP contribution in [0, 0.1) is 10.8 Å². The van der Waals surface area contributed by atoms with E-state index in [2.05, 4.69) is 119 Å². The first kappa shape index (κ1) is 48.1. The summed E-state index contributed by atoms with van der Waals surface area (Å²) in [6.07, 6.45) is 7.20. The molecule has 268 valence electrons. The van der Waals surface area contributed by atoms with Gasteiger partial charge < -0.3 is 14.4 Å². The number of hydrogen-bond acceptors (Lipinski definition) is 4. The molecule has 0 radical (unpaired) electrons. The third kappa shape index (κ3) is 16.0. The summed E-state index contributed by atoms with van der Waals surface area (Å²) < 4.78 is 12.3. The Morgan fingerprint density at radius 2 is 0.957 bits per heavy atom. The highest BCUT2D eigenvalue weighted by Gasteiger charge is 2.37. The standard InChI is InChI=1S/C36H56O4.C2H4.4CH4/c1-32(2,3)26-34(7,8)28-14-18-30(19-15-28)37-24-25-38-36(22-12-11-13-23-36)40-39-31-20-16-29(17-21-31)35(9,10)27-33(4,5)6;1-2;;;;/h14-21H,11-13,22-27H2,1-10H3;1-2H2;4*1H4. The van der Waals surface area contributed by atoms with E-state index in [9.17, 15) is 0 Å². The van der Waals surface area contributed by atoms with Crippen molar-refractivity contribution in [3.63, 3.8) is 0 Å². The monoisotopic (exact) mass is 645 g/mol. The Kier molecular flexibility index (Phi) is 21.1. The summed E-state index contributed by atoms with van der Waals surface area (Å²) in [6, 6.07) is 16.8. The molecule has 0 saturated heterocycles. The van der Waals surface area contributed by atoms with Crippen molar-refractivity contribution in [3.8, 4) is 11.5 Å². The first-order valence-corrected chi connectivity index (χ1v) is 15.8. The first-order valence-electron chi connectivity index (χ1n) is 15.8. The van der Waals surface area contributed by atoms with Gasteiger partial charge in [-0.1, -0.05) is 130 Å². The van der Waals surface area contributed by atoms with Gasteiger partial charge in [-0.3, -0.25) is 0 Å². The Bertz CT molecular complexity index is 1050. The largest absolute Gasteiger partial charge is 0.491 e. The van der Waals surface area contributed by atoms with E-state index in [0.29, 0.717) is 19.0 Å². The Balaban J connectivity index is -0.00000302. The van der Waals surface area contributed by atoms with Gasteiger partial charge in [-0.25, -0.2) is 0 Å². The summed E-state index contributed by atoms with van der Waals surface area (Å²) in [5.74, 6) is 0.838. The van der Waals surface area contributed by atoms with E-state index in [-0.39, 0.29) is 51.4 Å². The normalized spacial score (nSPS) is 14.5. The van der Waals surface area contributed by atoms with Crippen LogP contribution in [0.1, 0.15) is 155 Å². The summed E-state index contributed by atoms with van der Waals surface area (Å²) in [4.78, 5) is 11.9. The average Bonchev–Trinajstić information content (AvgIpc) is 2.90. The fourth-order valence-electron chi connectivity index (χ4n) is 6.67. The molecule has 1 saturated carbocycles. The molecule has 4 heteroatoms. The SMILES string of the molecule is C.C.C.C.C=C.CC(C)(C)CC(C)(C)c1ccc(OCCOC2(OOc3ccc(C(C)(C)CC(C)(C)C)cc3)CCCCC2)cc1. The van der Waals surface area contributed by atoms with Gasteiger partial charge in [0.15, 0.2) is 5.75 Å². The van der Waals surface area contributed by atoms with E-state index in [1.807, 2.05) is 12.1 Å². The Morgan fingerprint density at radius 1 is 0.565 bits per heavy atom. The van der Waals surface area contributed by atoms with Crippen LogP contribution in [0.4, 0.5) is 0 Å². The van der Waals surface area contributed by atoms with Crippen LogP contribution in [0.3, 0.4) is 0 Å². The molecule has 4 nitrogen and oxygen atoms in total. The predicted molar refractivity (Wildman–Crippen MR) is 204 cm³/mol. The molecule has 0 unspecified atom stereocenters. The number of hydrogen-bond donors (Lipinski definition) is 0. The summed E-state index contributed by atoms with van der Waals surface area (Å²) >= 11 is 0. The molecule has 0 bridgehead atoms. The topological polar surface area (TPSA) is 36.9 Å². The zero-order valence-electron chi connectivity index (χ0n) is 28.5. The van der Waals surface area contributed by atoms with Crippen LogP contribution in [0.25, 0.3) is 0 Å².